The molecule has 0 aliphatic rings. The van der Waals surface area contributed by atoms with E-state index >= 15 is 0 Å². The lowest BCUT2D eigenvalue weighted by Crippen LogP contribution is -2.04. The average Bonchev–Trinajstić information content (AvgIpc) is 2.60. The summed E-state index contributed by atoms with van der Waals surface area (Å²) in [6.45, 7) is 1.79. The van der Waals surface area contributed by atoms with E-state index < -0.39 is 0 Å². The van der Waals surface area contributed by atoms with Crippen LogP contribution in [-0.2, 0) is 16.0 Å². The molecule has 0 fully saturated rings. The topological polar surface area (TPSA) is 43.6 Å². The van der Waals surface area contributed by atoms with Crippen molar-refractivity contribution in [2.45, 2.75) is 13.3 Å². The van der Waals surface area contributed by atoms with Crippen LogP contribution in [0.25, 0.3) is 5.65 Å². The van der Waals surface area contributed by atoms with Gasteiger partial charge >= 0.3 is 5.97 Å². The minimum Gasteiger partial charge on any atom is -0.465 e. The molecule has 0 aromatic carbocycles. The molecule has 0 atom stereocenters. The molecule has 84 valence electrons. The molecular formula is C11H11BrN2O2. The van der Waals surface area contributed by atoms with E-state index in [-0.39, 0.29) is 5.97 Å². The molecule has 5 heteroatoms. The number of imidazole rings is 1. The quantitative estimate of drug-likeness (QED) is 0.811. The van der Waals surface area contributed by atoms with Gasteiger partial charge in [-0.1, -0.05) is 0 Å². The van der Waals surface area contributed by atoms with Crippen LogP contribution in [-0.4, -0.2) is 22.0 Å². The number of halogens is 1. The Hall–Kier alpha value is -1.36. The number of ether oxygens (including phenoxy) is 1. The van der Waals surface area contributed by atoms with Gasteiger partial charge in [-0.15, -0.1) is 0 Å². The van der Waals surface area contributed by atoms with E-state index in [0.717, 1.165) is 15.8 Å². The lowest BCUT2D eigenvalue weighted by molar-refractivity contribution is -0.140. The molecule has 0 amide bonds. The van der Waals surface area contributed by atoms with Crippen LogP contribution in [0.15, 0.2) is 29.0 Å². The van der Waals surface area contributed by atoms with Crippen molar-refractivity contribution in [2.24, 2.45) is 0 Å². The van der Waals surface area contributed by atoms with Crippen molar-refractivity contribution in [1.29, 1.82) is 0 Å². The first-order chi connectivity index (χ1) is 7.66. The summed E-state index contributed by atoms with van der Waals surface area (Å²) in [5.41, 5.74) is 1.92. The first kappa shape index (κ1) is 11.1. The SMILES string of the molecule is CC(=O)OCCc1cnc2ccc(Br)cn12. The fraction of sp³-hybridized carbons (Fsp3) is 0.273. The van der Waals surface area contributed by atoms with Gasteiger partial charge in [0, 0.05) is 35.9 Å². The smallest absolute Gasteiger partial charge is 0.302 e. The highest BCUT2D eigenvalue weighted by atomic mass is 79.9. The molecule has 2 aromatic heterocycles. The normalized spacial score (nSPS) is 10.6. The monoisotopic (exact) mass is 282 g/mol. The van der Waals surface area contributed by atoms with Crippen LogP contribution in [0.5, 0.6) is 0 Å². The van der Waals surface area contributed by atoms with Crippen LogP contribution in [0, 0.1) is 0 Å². The van der Waals surface area contributed by atoms with Gasteiger partial charge in [0.05, 0.1) is 6.61 Å². The summed E-state index contributed by atoms with van der Waals surface area (Å²) in [4.78, 5) is 14.9. The van der Waals surface area contributed by atoms with E-state index in [4.69, 9.17) is 4.74 Å². The molecule has 0 aliphatic carbocycles. The van der Waals surface area contributed by atoms with Crippen molar-refractivity contribution in [2.75, 3.05) is 6.61 Å². The molecule has 0 saturated heterocycles. The fourth-order valence-corrected chi connectivity index (χ4v) is 1.83. The number of esters is 1. The lowest BCUT2D eigenvalue weighted by atomic mass is 10.3. The Morgan fingerprint density at radius 1 is 1.56 bits per heavy atom. The van der Waals surface area contributed by atoms with E-state index in [1.165, 1.54) is 6.92 Å². The molecule has 0 spiro atoms. The zero-order valence-corrected chi connectivity index (χ0v) is 10.4. The Bertz CT molecular complexity index is 522. The summed E-state index contributed by atoms with van der Waals surface area (Å²) < 4.78 is 7.87. The minimum absolute atomic E-state index is 0.255. The highest BCUT2D eigenvalue weighted by Gasteiger charge is 2.04. The summed E-state index contributed by atoms with van der Waals surface area (Å²) in [6, 6.07) is 3.87. The molecule has 0 N–H and O–H groups in total. The van der Waals surface area contributed by atoms with Crippen molar-refractivity contribution in [1.82, 2.24) is 9.38 Å². The first-order valence-electron chi connectivity index (χ1n) is 4.91. The fourth-order valence-electron chi connectivity index (χ4n) is 1.49. The maximum absolute atomic E-state index is 10.6. The zero-order valence-electron chi connectivity index (χ0n) is 8.81. The molecule has 2 aromatic rings. The third-order valence-electron chi connectivity index (χ3n) is 2.21. The van der Waals surface area contributed by atoms with Crippen LogP contribution in [0.3, 0.4) is 0 Å². The van der Waals surface area contributed by atoms with Crippen molar-refractivity contribution >= 4 is 27.5 Å². The van der Waals surface area contributed by atoms with Crippen LogP contribution in [0.4, 0.5) is 0 Å². The highest BCUT2D eigenvalue weighted by molar-refractivity contribution is 9.10. The van der Waals surface area contributed by atoms with Gasteiger partial charge in [0.25, 0.3) is 0 Å². The Balaban J connectivity index is 2.17. The number of hydrogen-bond donors (Lipinski definition) is 0. The molecule has 0 aliphatic heterocycles. The highest BCUT2D eigenvalue weighted by Crippen LogP contribution is 2.13. The van der Waals surface area contributed by atoms with Crippen molar-refractivity contribution in [3.8, 4) is 0 Å². The third kappa shape index (κ3) is 2.41. The summed E-state index contributed by atoms with van der Waals surface area (Å²) in [6.07, 6.45) is 4.41. The van der Waals surface area contributed by atoms with Crippen molar-refractivity contribution in [3.05, 3.63) is 34.7 Å². The van der Waals surface area contributed by atoms with E-state index in [2.05, 4.69) is 20.9 Å². The number of nitrogens with zero attached hydrogens (tertiary/aromatic N) is 2. The van der Waals surface area contributed by atoms with Gasteiger partial charge in [-0.2, -0.15) is 0 Å². The van der Waals surface area contributed by atoms with Gasteiger partial charge in [-0.25, -0.2) is 4.98 Å². The Labute approximate surface area is 101 Å². The van der Waals surface area contributed by atoms with E-state index in [1.54, 1.807) is 6.20 Å². The molecule has 2 heterocycles. The number of rotatable bonds is 3. The number of pyridine rings is 1. The molecule has 0 unspecified atom stereocenters. The molecule has 2 rings (SSSR count). The van der Waals surface area contributed by atoms with E-state index in [0.29, 0.717) is 13.0 Å². The van der Waals surface area contributed by atoms with Crippen molar-refractivity contribution < 1.29 is 9.53 Å². The summed E-state index contributed by atoms with van der Waals surface area (Å²) in [7, 11) is 0. The number of hydrogen-bond acceptors (Lipinski definition) is 3. The molecule has 16 heavy (non-hydrogen) atoms. The number of fused-ring (bicyclic) bond motifs is 1. The van der Waals surface area contributed by atoms with Gasteiger partial charge in [-0.3, -0.25) is 4.79 Å². The molecule has 0 radical (unpaired) electrons. The first-order valence-corrected chi connectivity index (χ1v) is 5.71. The number of carbonyl (C=O) groups is 1. The van der Waals surface area contributed by atoms with Gasteiger partial charge < -0.3 is 9.14 Å². The van der Waals surface area contributed by atoms with Crippen LogP contribution in [0.2, 0.25) is 0 Å². The van der Waals surface area contributed by atoms with E-state index in [9.17, 15) is 4.79 Å². The van der Waals surface area contributed by atoms with Gasteiger partial charge in [-0.05, 0) is 28.1 Å². The second-order valence-electron chi connectivity index (χ2n) is 3.42. The van der Waals surface area contributed by atoms with Gasteiger partial charge in [0.2, 0.25) is 0 Å². The van der Waals surface area contributed by atoms with Crippen LogP contribution < -0.4 is 0 Å². The third-order valence-corrected chi connectivity index (χ3v) is 2.68. The van der Waals surface area contributed by atoms with Gasteiger partial charge in [0.1, 0.15) is 5.65 Å². The minimum atomic E-state index is -0.255. The second kappa shape index (κ2) is 4.65. The Kier molecular flexibility index (Phi) is 3.24. The Morgan fingerprint density at radius 2 is 2.38 bits per heavy atom. The maximum atomic E-state index is 10.6. The van der Waals surface area contributed by atoms with Gasteiger partial charge in [0.15, 0.2) is 0 Å². The van der Waals surface area contributed by atoms with E-state index in [1.807, 2.05) is 22.7 Å². The standard InChI is InChI=1S/C11H11BrN2O2/c1-8(15)16-5-4-10-6-13-11-3-2-9(12)7-14(10)11/h2-3,6-7H,4-5H2,1H3. The molecule has 0 bridgehead atoms. The number of aromatic nitrogens is 2. The maximum Gasteiger partial charge on any atom is 0.302 e. The Morgan fingerprint density at radius 3 is 3.12 bits per heavy atom. The zero-order chi connectivity index (χ0) is 11.5. The average molecular weight is 283 g/mol. The largest absolute Gasteiger partial charge is 0.465 e. The van der Waals surface area contributed by atoms with Crippen molar-refractivity contribution in [3.63, 3.8) is 0 Å². The second-order valence-corrected chi connectivity index (χ2v) is 4.33. The molecule has 4 nitrogen and oxygen atoms in total. The predicted octanol–water partition coefficient (Wildman–Crippen LogP) is 2.20. The lowest BCUT2D eigenvalue weighted by Gasteiger charge is -2.02. The predicted molar refractivity (Wildman–Crippen MR) is 63.2 cm³/mol. The number of carbonyl (C=O) groups excluding carboxylic acids is 1. The summed E-state index contributed by atoms with van der Waals surface area (Å²) >= 11 is 3.41. The van der Waals surface area contributed by atoms with Crippen LogP contribution in [0.1, 0.15) is 12.6 Å². The summed E-state index contributed by atoms with van der Waals surface area (Å²) in [5, 5.41) is 0. The van der Waals surface area contributed by atoms with Crippen LogP contribution >= 0.6 is 15.9 Å². The summed E-state index contributed by atoms with van der Waals surface area (Å²) in [5.74, 6) is -0.255. The molecule has 0 saturated carbocycles. The molecular weight excluding hydrogens is 272 g/mol.